The van der Waals surface area contributed by atoms with Crippen molar-refractivity contribution in [3.63, 3.8) is 0 Å². The Morgan fingerprint density at radius 3 is 2.50 bits per heavy atom. The maximum absolute atomic E-state index is 13.7. The molecule has 1 amide bonds. The molecule has 0 spiro atoms. The summed E-state index contributed by atoms with van der Waals surface area (Å²) in [4.78, 5) is 24.6. The summed E-state index contributed by atoms with van der Waals surface area (Å²) in [5.74, 6) is -4.28. The SMILES string of the molecule is CC(C(=O)N1CCCC1C(=O)O)c1c(F)cccc1F. The average molecular weight is 283 g/mol. The molecule has 0 aliphatic carbocycles. The van der Waals surface area contributed by atoms with Crippen LogP contribution in [-0.4, -0.2) is 34.5 Å². The predicted octanol–water partition coefficient (Wildman–Crippen LogP) is 2.14. The van der Waals surface area contributed by atoms with Gasteiger partial charge in [0.1, 0.15) is 17.7 Å². The van der Waals surface area contributed by atoms with E-state index in [0.717, 1.165) is 12.1 Å². The fraction of sp³-hybridized carbons (Fsp3) is 0.429. The zero-order valence-corrected chi connectivity index (χ0v) is 11.0. The molecule has 1 N–H and O–H groups in total. The summed E-state index contributed by atoms with van der Waals surface area (Å²) in [5, 5.41) is 9.05. The fourth-order valence-corrected chi connectivity index (χ4v) is 2.58. The maximum atomic E-state index is 13.7. The molecule has 20 heavy (non-hydrogen) atoms. The molecule has 1 saturated heterocycles. The quantitative estimate of drug-likeness (QED) is 0.924. The molecule has 0 saturated carbocycles. The molecule has 108 valence electrons. The highest BCUT2D eigenvalue weighted by Crippen LogP contribution is 2.28. The van der Waals surface area contributed by atoms with Crippen molar-refractivity contribution in [3.8, 4) is 0 Å². The molecule has 0 bridgehead atoms. The summed E-state index contributed by atoms with van der Waals surface area (Å²) in [6.45, 7) is 1.69. The van der Waals surface area contributed by atoms with Crippen molar-refractivity contribution in [1.82, 2.24) is 4.90 Å². The molecule has 6 heteroatoms. The molecule has 0 radical (unpaired) electrons. The summed E-state index contributed by atoms with van der Waals surface area (Å²) in [6, 6.07) is 2.49. The predicted molar refractivity (Wildman–Crippen MR) is 67.1 cm³/mol. The zero-order chi connectivity index (χ0) is 14.9. The molecule has 2 rings (SSSR count). The highest BCUT2D eigenvalue weighted by molar-refractivity contribution is 5.88. The van der Waals surface area contributed by atoms with Gasteiger partial charge in [0.05, 0.1) is 5.92 Å². The maximum Gasteiger partial charge on any atom is 0.326 e. The van der Waals surface area contributed by atoms with Gasteiger partial charge in [-0.25, -0.2) is 13.6 Å². The molecule has 1 aromatic rings. The third-order valence-corrected chi connectivity index (χ3v) is 3.62. The van der Waals surface area contributed by atoms with Gasteiger partial charge in [-0.3, -0.25) is 4.79 Å². The molecule has 2 unspecified atom stereocenters. The lowest BCUT2D eigenvalue weighted by atomic mass is 9.98. The van der Waals surface area contributed by atoms with E-state index in [1.165, 1.54) is 17.9 Å². The smallest absolute Gasteiger partial charge is 0.326 e. The largest absolute Gasteiger partial charge is 0.480 e. The van der Waals surface area contributed by atoms with E-state index in [1.54, 1.807) is 0 Å². The highest BCUT2D eigenvalue weighted by Gasteiger charge is 2.37. The number of rotatable bonds is 3. The highest BCUT2D eigenvalue weighted by atomic mass is 19.1. The van der Waals surface area contributed by atoms with Gasteiger partial charge in [0.2, 0.25) is 5.91 Å². The lowest BCUT2D eigenvalue weighted by Crippen LogP contribution is -2.42. The summed E-state index contributed by atoms with van der Waals surface area (Å²) in [5.41, 5.74) is -0.312. The third kappa shape index (κ3) is 2.50. The Morgan fingerprint density at radius 2 is 1.95 bits per heavy atom. The Kier molecular flexibility index (Phi) is 4.01. The second-order valence-corrected chi connectivity index (χ2v) is 4.88. The number of carboxylic acid groups (broad SMARTS) is 1. The van der Waals surface area contributed by atoms with Crippen molar-refractivity contribution in [2.24, 2.45) is 0 Å². The van der Waals surface area contributed by atoms with Crippen LogP contribution >= 0.6 is 0 Å². The van der Waals surface area contributed by atoms with E-state index in [2.05, 4.69) is 0 Å². The first-order valence-corrected chi connectivity index (χ1v) is 6.40. The van der Waals surface area contributed by atoms with Crippen LogP contribution < -0.4 is 0 Å². The Bertz CT molecular complexity index is 527. The van der Waals surface area contributed by atoms with Crippen LogP contribution in [0, 0.1) is 11.6 Å². The summed E-state index contributed by atoms with van der Waals surface area (Å²) < 4.78 is 27.4. The van der Waals surface area contributed by atoms with Gasteiger partial charge in [-0.05, 0) is 31.9 Å². The van der Waals surface area contributed by atoms with E-state index in [0.29, 0.717) is 19.4 Å². The van der Waals surface area contributed by atoms with Crippen molar-refractivity contribution in [3.05, 3.63) is 35.4 Å². The molecular formula is C14H15F2NO3. The van der Waals surface area contributed by atoms with Gasteiger partial charge in [0, 0.05) is 12.1 Å². The number of carbonyl (C=O) groups excluding carboxylic acids is 1. The number of aliphatic carboxylic acids is 1. The van der Waals surface area contributed by atoms with Gasteiger partial charge in [-0.2, -0.15) is 0 Å². The normalized spacial score (nSPS) is 19.9. The van der Waals surface area contributed by atoms with Crippen molar-refractivity contribution in [1.29, 1.82) is 0 Å². The second kappa shape index (κ2) is 5.56. The molecule has 2 atom stereocenters. The first-order valence-electron chi connectivity index (χ1n) is 6.40. The van der Waals surface area contributed by atoms with Crippen LogP contribution in [0.4, 0.5) is 8.78 Å². The van der Waals surface area contributed by atoms with E-state index in [9.17, 15) is 18.4 Å². The molecular weight excluding hydrogens is 268 g/mol. The standard InChI is InChI=1S/C14H15F2NO3/c1-8(12-9(15)4-2-5-10(12)16)13(18)17-7-3-6-11(17)14(19)20/h2,4-5,8,11H,3,6-7H2,1H3,(H,19,20). The average Bonchev–Trinajstić information content (AvgIpc) is 2.86. The van der Waals surface area contributed by atoms with Crippen molar-refractivity contribution < 1.29 is 23.5 Å². The van der Waals surface area contributed by atoms with Crippen LogP contribution in [0.25, 0.3) is 0 Å². The summed E-state index contributed by atoms with van der Waals surface area (Å²) in [7, 11) is 0. The number of benzene rings is 1. The van der Waals surface area contributed by atoms with E-state index >= 15 is 0 Å². The third-order valence-electron chi connectivity index (χ3n) is 3.62. The second-order valence-electron chi connectivity index (χ2n) is 4.88. The van der Waals surface area contributed by atoms with E-state index < -0.39 is 35.5 Å². The topological polar surface area (TPSA) is 57.6 Å². The van der Waals surface area contributed by atoms with E-state index in [4.69, 9.17) is 5.11 Å². The Labute approximate surface area is 115 Å². The minimum atomic E-state index is -1.09. The molecule has 1 aromatic carbocycles. The minimum absolute atomic E-state index is 0.302. The zero-order valence-electron chi connectivity index (χ0n) is 11.0. The van der Waals surface area contributed by atoms with Gasteiger partial charge in [-0.1, -0.05) is 6.07 Å². The van der Waals surface area contributed by atoms with Crippen molar-refractivity contribution in [2.45, 2.75) is 31.7 Å². The molecule has 1 fully saturated rings. The summed E-state index contributed by atoms with van der Waals surface area (Å²) in [6.07, 6.45) is 0.947. The first kappa shape index (κ1) is 14.4. The lowest BCUT2D eigenvalue weighted by molar-refractivity contribution is -0.148. The van der Waals surface area contributed by atoms with Crippen molar-refractivity contribution >= 4 is 11.9 Å². The van der Waals surface area contributed by atoms with Gasteiger partial charge in [0.15, 0.2) is 0 Å². The van der Waals surface area contributed by atoms with Crippen LogP contribution in [0.5, 0.6) is 0 Å². The minimum Gasteiger partial charge on any atom is -0.480 e. The van der Waals surface area contributed by atoms with E-state index in [1.807, 2.05) is 0 Å². The van der Waals surface area contributed by atoms with Crippen LogP contribution in [0.15, 0.2) is 18.2 Å². The molecule has 1 heterocycles. The fourth-order valence-electron chi connectivity index (χ4n) is 2.58. The van der Waals surface area contributed by atoms with Crippen LogP contribution in [0.2, 0.25) is 0 Å². The Morgan fingerprint density at radius 1 is 1.35 bits per heavy atom. The van der Waals surface area contributed by atoms with Gasteiger partial charge >= 0.3 is 5.97 Å². The molecule has 4 nitrogen and oxygen atoms in total. The van der Waals surface area contributed by atoms with Crippen LogP contribution in [0.3, 0.4) is 0 Å². The molecule has 1 aliphatic heterocycles. The first-order chi connectivity index (χ1) is 9.43. The molecule has 0 aromatic heterocycles. The monoisotopic (exact) mass is 283 g/mol. The number of carbonyl (C=O) groups is 2. The van der Waals surface area contributed by atoms with Crippen LogP contribution in [-0.2, 0) is 9.59 Å². The number of nitrogens with zero attached hydrogens (tertiary/aromatic N) is 1. The number of amides is 1. The van der Waals surface area contributed by atoms with Crippen LogP contribution in [0.1, 0.15) is 31.2 Å². The van der Waals surface area contributed by atoms with Gasteiger partial charge < -0.3 is 10.0 Å². The number of hydrogen-bond donors (Lipinski definition) is 1. The lowest BCUT2D eigenvalue weighted by Gasteiger charge is -2.25. The number of carboxylic acids is 1. The van der Waals surface area contributed by atoms with Gasteiger partial charge in [0.25, 0.3) is 0 Å². The Balaban J connectivity index is 2.27. The summed E-state index contributed by atoms with van der Waals surface area (Å²) >= 11 is 0. The van der Waals surface area contributed by atoms with Crippen molar-refractivity contribution in [2.75, 3.05) is 6.54 Å². The number of halogens is 2. The number of hydrogen-bond acceptors (Lipinski definition) is 2. The Hall–Kier alpha value is -1.98. The van der Waals surface area contributed by atoms with Gasteiger partial charge in [-0.15, -0.1) is 0 Å². The molecule has 1 aliphatic rings. The van der Waals surface area contributed by atoms with E-state index in [-0.39, 0.29) is 5.56 Å². The number of likely N-dealkylation sites (tertiary alicyclic amines) is 1.